The van der Waals surface area contributed by atoms with Crippen LogP contribution in [0.15, 0.2) is 30.3 Å². The SMILES string of the molecule is Cl.NC(=O)O.N[C@H](CO)Cc1ccccc1. The molecule has 1 atom stereocenters. The van der Waals surface area contributed by atoms with E-state index >= 15 is 0 Å². The van der Waals surface area contributed by atoms with Crippen LogP contribution >= 0.6 is 12.4 Å². The molecular weight excluding hydrogens is 232 g/mol. The molecule has 0 aliphatic carbocycles. The van der Waals surface area contributed by atoms with Crippen molar-refractivity contribution in [1.29, 1.82) is 0 Å². The summed E-state index contributed by atoms with van der Waals surface area (Å²) >= 11 is 0. The Bertz CT molecular complexity index is 279. The molecule has 1 rings (SSSR count). The van der Waals surface area contributed by atoms with Crippen molar-refractivity contribution in [3.8, 4) is 0 Å². The molecule has 1 aromatic carbocycles. The molecule has 0 aromatic heterocycles. The summed E-state index contributed by atoms with van der Waals surface area (Å²) in [5, 5.41) is 15.9. The highest BCUT2D eigenvalue weighted by Crippen LogP contribution is 2.00. The van der Waals surface area contributed by atoms with Crippen molar-refractivity contribution in [2.24, 2.45) is 11.5 Å². The number of hydrogen-bond acceptors (Lipinski definition) is 3. The number of hydrogen-bond donors (Lipinski definition) is 4. The highest BCUT2D eigenvalue weighted by atomic mass is 35.5. The van der Waals surface area contributed by atoms with E-state index in [1.165, 1.54) is 5.56 Å². The Labute approximate surface area is 100 Å². The molecule has 0 fully saturated rings. The van der Waals surface area contributed by atoms with Crippen LogP contribution in [0.1, 0.15) is 5.56 Å². The predicted octanol–water partition coefficient (Wildman–Crippen LogP) is 0.594. The average molecular weight is 249 g/mol. The summed E-state index contributed by atoms with van der Waals surface area (Å²) in [6, 6.07) is 9.80. The van der Waals surface area contributed by atoms with Crippen molar-refractivity contribution in [1.82, 2.24) is 0 Å². The maximum absolute atomic E-state index is 8.78. The molecule has 0 saturated carbocycles. The Kier molecular flexibility index (Phi) is 10.9. The largest absolute Gasteiger partial charge is 0.465 e. The van der Waals surface area contributed by atoms with E-state index in [4.69, 9.17) is 20.7 Å². The van der Waals surface area contributed by atoms with Crippen molar-refractivity contribution in [2.45, 2.75) is 12.5 Å². The zero-order chi connectivity index (χ0) is 11.7. The molecule has 0 heterocycles. The topological polar surface area (TPSA) is 110 Å². The summed E-state index contributed by atoms with van der Waals surface area (Å²) in [6.07, 6.45) is -0.586. The number of aliphatic hydroxyl groups excluding tert-OH is 1. The minimum Gasteiger partial charge on any atom is -0.465 e. The zero-order valence-electron chi connectivity index (χ0n) is 8.74. The number of amides is 1. The molecular formula is C10H17ClN2O3. The summed E-state index contributed by atoms with van der Waals surface area (Å²) in [5.74, 6) is 0. The van der Waals surface area contributed by atoms with E-state index in [1.807, 2.05) is 30.3 Å². The van der Waals surface area contributed by atoms with Crippen LogP contribution < -0.4 is 11.5 Å². The number of nitrogens with two attached hydrogens (primary N) is 2. The predicted molar refractivity (Wildman–Crippen MR) is 64.7 cm³/mol. The van der Waals surface area contributed by atoms with Gasteiger partial charge in [0.05, 0.1) is 6.61 Å². The molecule has 0 unspecified atom stereocenters. The molecule has 1 aromatic rings. The number of halogens is 1. The van der Waals surface area contributed by atoms with Crippen LogP contribution in [-0.4, -0.2) is 29.0 Å². The Morgan fingerprint density at radius 2 is 1.75 bits per heavy atom. The van der Waals surface area contributed by atoms with Crippen LogP contribution in [0.25, 0.3) is 0 Å². The van der Waals surface area contributed by atoms with Gasteiger partial charge >= 0.3 is 6.09 Å². The molecule has 16 heavy (non-hydrogen) atoms. The van der Waals surface area contributed by atoms with Crippen LogP contribution in [0, 0.1) is 0 Å². The van der Waals surface area contributed by atoms with Gasteiger partial charge in [0.15, 0.2) is 0 Å². The quantitative estimate of drug-likeness (QED) is 0.628. The fraction of sp³-hybridized carbons (Fsp3) is 0.300. The van der Waals surface area contributed by atoms with Gasteiger partial charge in [-0.2, -0.15) is 0 Å². The fourth-order valence-corrected chi connectivity index (χ4v) is 0.981. The zero-order valence-corrected chi connectivity index (χ0v) is 9.56. The Morgan fingerprint density at radius 1 is 1.31 bits per heavy atom. The van der Waals surface area contributed by atoms with Crippen LogP contribution in [0.2, 0.25) is 0 Å². The van der Waals surface area contributed by atoms with E-state index in [-0.39, 0.29) is 25.1 Å². The van der Waals surface area contributed by atoms with E-state index in [2.05, 4.69) is 5.73 Å². The fourth-order valence-electron chi connectivity index (χ4n) is 0.981. The van der Waals surface area contributed by atoms with Crippen LogP contribution in [0.5, 0.6) is 0 Å². The lowest BCUT2D eigenvalue weighted by Gasteiger charge is -2.06. The molecule has 6 heteroatoms. The standard InChI is InChI=1S/C9H13NO.CH3NO2.ClH/c10-9(7-11)6-8-4-2-1-3-5-8;2-1(3)4;/h1-5,9,11H,6-7,10H2;2H2,(H,3,4);1H/t9-;;/m0../s1. The Morgan fingerprint density at radius 3 is 2.12 bits per heavy atom. The molecule has 0 aliphatic heterocycles. The van der Waals surface area contributed by atoms with E-state index in [1.54, 1.807) is 0 Å². The van der Waals surface area contributed by atoms with Gasteiger partial charge in [-0.15, -0.1) is 12.4 Å². The van der Waals surface area contributed by atoms with Gasteiger partial charge in [-0.1, -0.05) is 30.3 Å². The Balaban J connectivity index is 0. The number of rotatable bonds is 3. The first-order valence-electron chi connectivity index (χ1n) is 4.45. The lowest BCUT2D eigenvalue weighted by Crippen LogP contribution is -2.26. The first-order valence-corrected chi connectivity index (χ1v) is 4.45. The van der Waals surface area contributed by atoms with E-state index in [0.29, 0.717) is 0 Å². The van der Waals surface area contributed by atoms with Gasteiger partial charge in [0.25, 0.3) is 0 Å². The number of benzene rings is 1. The number of carboxylic acid groups (broad SMARTS) is 1. The molecule has 6 N–H and O–H groups in total. The Hall–Kier alpha value is -1.30. The number of primary amides is 1. The highest BCUT2D eigenvalue weighted by molar-refractivity contribution is 5.85. The second kappa shape index (κ2) is 10.2. The van der Waals surface area contributed by atoms with Crippen molar-refractivity contribution >= 4 is 18.5 Å². The smallest absolute Gasteiger partial charge is 0.402 e. The highest BCUT2D eigenvalue weighted by Gasteiger charge is 1.99. The second-order valence-electron chi connectivity index (χ2n) is 2.97. The van der Waals surface area contributed by atoms with E-state index < -0.39 is 6.09 Å². The molecule has 5 nitrogen and oxygen atoms in total. The van der Waals surface area contributed by atoms with Crippen molar-refractivity contribution in [3.05, 3.63) is 35.9 Å². The van der Waals surface area contributed by atoms with Gasteiger partial charge < -0.3 is 21.7 Å². The average Bonchev–Trinajstić information content (AvgIpc) is 2.18. The van der Waals surface area contributed by atoms with Crippen molar-refractivity contribution in [3.63, 3.8) is 0 Å². The third kappa shape index (κ3) is 10.8. The first kappa shape index (κ1) is 17.1. The summed E-state index contributed by atoms with van der Waals surface area (Å²) < 4.78 is 0. The van der Waals surface area contributed by atoms with Crippen LogP contribution in [-0.2, 0) is 6.42 Å². The van der Waals surface area contributed by atoms with Gasteiger partial charge in [-0.25, -0.2) is 4.79 Å². The maximum atomic E-state index is 8.78. The monoisotopic (exact) mass is 248 g/mol. The lowest BCUT2D eigenvalue weighted by molar-refractivity contribution is 0.205. The van der Waals surface area contributed by atoms with Gasteiger partial charge in [0, 0.05) is 6.04 Å². The molecule has 0 bridgehead atoms. The van der Waals surface area contributed by atoms with Crippen LogP contribution in [0.3, 0.4) is 0 Å². The van der Waals surface area contributed by atoms with Crippen molar-refractivity contribution < 1.29 is 15.0 Å². The number of carbonyl (C=O) groups is 1. The third-order valence-electron chi connectivity index (χ3n) is 1.58. The minimum atomic E-state index is -1.33. The second-order valence-corrected chi connectivity index (χ2v) is 2.97. The lowest BCUT2D eigenvalue weighted by atomic mass is 10.1. The van der Waals surface area contributed by atoms with E-state index in [9.17, 15) is 0 Å². The summed E-state index contributed by atoms with van der Waals surface area (Å²) in [7, 11) is 0. The summed E-state index contributed by atoms with van der Waals surface area (Å²) in [6.45, 7) is 0.0505. The maximum Gasteiger partial charge on any atom is 0.402 e. The van der Waals surface area contributed by atoms with Crippen molar-refractivity contribution in [2.75, 3.05) is 6.61 Å². The van der Waals surface area contributed by atoms with Gasteiger partial charge in [-0.05, 0) is 12.0 Å². The van der Waals surface area contributed by atoms with E-state index in [0.717, 1.165) is 6.42 Å². The normalized spacial score (nSPS) is 10.4. The molecule has 92 valence electrons. The molecule has 0 radical (unpaired) electrons. The van der Waals surface area contributed by atoms with Crippen LogP contribution in [0.4, 0.5) is 4.79 Å². The summed E-state index contributed by atoms with van der Waals surface area (Å²) in [5.41, 5.74) is 10.8. The first-order chi connectivity index (χ1) is 7.06. The molecule has 0 aliphatic rings. The molecule has 0 spiro atoms. The molecule has 0 saturated heterocycles. The molecule has 1 amide bonds. The summed E-state index contributed by atoms with van der Waals surface area (Å²) in [4.78, 5) is 8.78. The van der Waals surface area contributed by atoms with Gasteiger partial charge in [0.1, 0.15) is 0 Å². The third-order valence-corrected chi connectivity index (χ3v) is 1.58. The van der Waals surface area contributed by atoms with Gasteiger partial charge in [-0.3, -0.25) is 0 Å². The number of aliphatic hydroxyl groups is 1. The minimum absolute atomic E-state index is 0. The van der Waals surface area contributed by atoms with Gasteiger partial charge in [0.2, 0.25) is 0 Å².